The Morgan fingerprint density at radius 2 is 1.85 bits per heavy atom. The summed E-state index contributed by atoms with van der Waals surface area (Å²) in [7, 11) is 2.05. The summed E-state index contributed by atoms with van der Waals surface area (Å²) in [6.45, 7) is 9.99. The Hall–Kier alpha value is -2.20. The molecule has 2 unspecified atom stereocenters. The number of rotatable bonds is 14. The largest absolute Gasteiger partial charge is 0.512 e. The van der Waals surface area contributed by atoms with E-state index in [1.807, 2.05) is 27.8 Å². The summed E-state index contributed by atoms with van der Waals surface area (Å²) in [6.07, 6.45) is 6.67. The molecule has 0 aromatic carbocycles. The van der Waals surface area contributed by atoms with Crippen molar-refractivity contribution in [3.05, 3.63) is 11.8 Å². The number of carbonyl (C=O) groups is 2. The number of carbonyl (C=O) groups excluding carboxylic acids is 2. The fourth-order valence-electron chi connectivity index (χ4n) is 3.69. The lowest BCUT2D eigenvalue weighted by atomic mass is 10.0. The van der Waals surface area contributed by atoms with Gasteiger partial charge in [-0.2, -0.15) is 4.37 Å². The van der Waals surface area contributed by atoms with E-state index in [-0.39, 0.29) is 25.1 Å². The van der Waals surface area contributed by atoms with Crippen LogP contribution in [0.4, 0.5) is 4.79 Å². The second-order valence-corrected chi connectivity index (χ2v) is 9.87. The molecule has 1 aromatic rings. The first-order chi connectivity index (χ1) is 16.2. The monoisotopic (exact) mass is 498 g/mol. The Bertz CT molecular complexity index is 812. The molecule has 1 aromatic heterocycles. The molecule has 1 aliphatic rings. The fraction of sp³-hybridized carbons (Fsp3) is 0.750. The van der Waals surface area contributed by atoms with Crippen LogP contribution < -0.4 is 4.74 Å². The van der Waals surface area contributed by atoms with Crippen molar-refractivity contribution in [2.75, 3.05) is 40.0 Å². The second kappa shape index (κ2) is 14.3. The van der Waals surface area contributed by atoms with Crippen LogP contribution in [0.2, 0.25) is 0 Å². The number of unbranched alkanes of at least 4 members (excludes halogenated alkanes) is 3. The number of hydrogen-bond donors (Lipinski definition) is 0. The molecule has 1 aliphatic heterocycles. The minimum absolute atomic E-state index is 0.0199. The lowest BCUT2D eigenvalue weighted by Gasteiger charge is -2.41. The van der Waals surface area contributed by atoms with Gasteiger partial charge in [-0.1, -0.05) is 46.1 Å². The zero-order chi connectivity index (χ0) is 25.0. The van der Waals surface area contributed by atoms with E-state index in [0.29, 0.717) is 29.9 Å². The molecule has 2 heterocycles. The van der Waals surface area contributed by atoms with Crippen LogP contribution in [0.1, 0.15) is 71.9 Å². The van der Waals surface area contributed by atoms with E-state index >= 15 is 0 Å². The minimum atomic E-state index is -0.769. The van der Waals surface area contributed by atoms with Gasteiger partial charge < -0.3 is 18.9 Å². The number of esters is 1. The normalized spacial score (nSPS) is 18.8. The maximum Gasteiger partial charge on any atom is 0.512 e. The van der Waals surface area contributed by atoms with Crippen molar-refractivity contribution in [3.63, 3.8) is 0 Å². The predicted molar refractivity (Wildman–Crippen MR) is 130 cm³/mol. The third-order valence-corrected chi connectivity index (χ3v) is 6.36. The molecule has 10 heteroatoms. The van der Waals surface area contributed by atoms with Crippen molar-refractivity contribution < 1.29 is 33.0 Å². The van der Waals surface area contributed by atoms with E-state index in [0.717, 1.165) is 48.8 Å². The maximum absolute atomic E-state index is 12.2. The Labute approximate surface area is 207 Å². The van der Waals surface area contributed by atoms with Gasteiger partial charge in [0.05, 0.1) is 31.9 Å². The molecule has 34 heavy (non-hydrogen) atoms. The molecule has 0 fully saturated rings. The average Bonchev–Trinajstić information content (AvgIpc) is 3.25. The zero-order valence-electron chi connectivity index (χ0n) is 21.2. The van der Waals surface area contributed by atoms with E-state index in [1.165, 1.54) is 12.8 Å². The summed E-state index contributed by atoms with van der Waals surface area (Å²) in [6, 6.07) is 0. The summed E-state index contributed by atoms with van der Waals surface area (Å²) in [4.78, 5) is 23.7. The molecule has 0 aliphatic carbocycles. The molecule has 0 N–H and O–H groups in total. The van der Waals surface area contributed by atoms with Crippen molar-refractivity contribution in [1.82, 2.24) is 8.75 Å². The van der Waals surface area contributed by atoms with Crippen molar-refractivity contribution in [2.24, 2.45) is 5.92 Å². The Balaban J connectivity index is 1.82. The molecule has 0 amide bonds. The van der Waals surface area contributed by atoms with Crippen LogP contribution in [0, 0.1) is 5.92 Å². The molecule has 0 saturated heterocycles. The highest BCUT2D eigenvalue weighted by molar-refractivity contribution is 6.99. The SMILES string of the molecule is CCCCCCOc1nsnc1C1=CCC[N+](C)(C(C)OC(=O)OCCOC(=O)CC(C)C)C1. The fourth-order valence-corrected chi connectivity index (χ4v) is 4.22. The van der Waals surface area contributed by atoms with Gasteiger partial charge in [-0.3, -0.25) is 9.28 Å². The first kappa shape index (κ1) is 28.0. The van der Waals surface area contributed by atoms with E-state index in [9.17, 15) is 9.59 Å². The standard InChI is InChI=1S/C24H40N3O6S/c1-6-7-8-9-13-31-23-22(25-34-26-23)20-11-10-12-27(5,17-20)19(4)33-24(29)32-15-14-30-21(28)16-18(2)3/h11,18-19H,6-10,12-17H2,1-5H3/q+1. The van der Waals surface area contributed by atoms with Crippen LogP contribution in [0.3, 0.4) is 0 Å². The first-order valence-corrected chi connectivity index (χ1v) is 13.0. The van der Waals surface area contributed by atoms with Crippen molar-refractivity contribution in [1.29, 1.82) is 0 Å². The number of ether oxygens (including phenoxy) is 4. The molecule has 0 spiro atoms. The molecular weight excluding hydrogens is 458 g/mol. The molecule has 2 rings (SSSR count). The number of nitrogens with zero attached hydrogens (tertiary/aromatic N) is 3. The lowest BCUT2D eigenvalue weighted by molar-refractivity contribution is -0.944. The number of hydrogen-bond acceptors (Lipinski definition) is 9. The van der Waals surface area contributed by atoms with Gasteiger partial charge in [0, 0.05) is 25.3 Å². The van der Waals surface area contributed by atoms with Crippen LogP contribution in [0.25, 0.3) is 5.57 Å². The van der Waals surface area contributed by atoms with E-state index < -0.39 is 12.4 Å². The van der Waals surface area contributed by atoms with Gasteiger partial charge in [0.25, 0.3) is 5.88 Å². The van der Waals surface area contributed by atoms with E-state index in [2.05, 4.69) is 21.7 Å². The van der Waals surface area contributed by atoms with Gasteiger partial charge in [0.1, 0.15) is 25.5 Å². The number of aromatic nitrogens is 2. The molecule has 0 bridgehead atoms. The quantitative estimate of drug-likeness (QED) is 0.205. The van der Waals surface area contributed by atoms with Gasteiger partial charge in [0.2, 0.25) is 6.23 Å². The summed E-state index contributed by atoms with van der Waals surface area (Å²) in [5, 5.41) is 0. The molecular formula is C24H40N3O6S+. The molecule has 9 nitrogen and oxygen atoms in total. The summed E-state index contributed by atoms with van der Waals surface area (Å²) >= 11 is 1.15. The van der Waals surface area contributed by atoms with E-state index in [1.54, 1.807) is 0 Å². The number of likely N-dealkylation sites (N-methyl/N-ethyl adjacent to an activating group) is 1. The van der Waals surface area contributed by atoms with Gasteiger partial charge in [-0.15, -0.1) is 4.37 Å². The van der Waals surface area contributed by atoms with Crippen molar-refractivity contribution in [2.45, 2.75) is 72.4 Å². The third kappa shape index (κ3) is 9.21. The van der Waals surface area contributed by atoms with Crippen molar-refractivity contribution >= 4 is 29.4 Å². The summed E-state index contributed by atoms with van der Waals surface area (Å²) in [5.74, 6) is 0.508. The summed E-state index contributed by atoms with van der Waals surface area (Å²) in [5.41, 5.74) is 1.83. The van der Waals surface area contributed by atoms with Crippen molar-refractivity contribution in [3.8, 4) is 5.88 Å². The van der Waals surface area contributed by atoms with Crippen LogP contribution >= 0.6 is 11.7 Å². The Morgan fingerprint density at radius 1 is 1.09 bits per heavy atom. The maximum atomic E-state index is 12.2. The smallest absolute Gasteiger partial charge is 0.475 e. The summed E-state index contributed by atoms with van der Waals surface area (Å²) < 4.78 is 30.9. The second-order valence-electron chi connectivity index (χ2n) is 9.34. The molecule has 2 atom stereocenters. The highest BCUT2D eigenvalue weighted by Crippen LogP contribution is 2.31. The highest BCUT2D eigenvalue weighted by Gasteiger charge is 2.37. The molecule has 192 valence electrons. The predicted octanol–water partition coefficient (Wildman–Crippen LogP) is 4.82. The number of quaternary nitrogens is 1. The minimum Gasteiger partial charge on any atom is -0.475 e. The van der Waals surface area contributed by atoms with Crippen LogP contribution in [-0.4, -0.2) is 71.5 Å². The zero-order valence-corrected chi connectivity index (χ0v) is 22.0. The molecule has 0 saturated carbocycles. The van der Waals surface area contributed by atoms with Gasteiger partial charge in [-0.05, 0) is 12.3 Å². The van der Waals surface area contributed by atoms with Crippen LogP contribution in [0.5, 0.6) is 5.88 Å². The van der Waals surface area contributed by atoms with Gasteiger partial charge in [-0.25, -0.2) is 4.79 Å². The van der Waals surface area contributed by atoms with Crippen LogP contribution in [-0.2, 0) is 19.0 Å². The van der Waals surface area contributed by atoms with Gasteiger partial charge >= 0.3 is 12.1 Å². The Morgan fingerprint density at radius 3 is 2.59 bits per heavy atom. The van der Waals surface area contributed by atoms with E-state index in [4.69, 9.17) is 18.9 Å². The Kier molecular flexibility index (Phi) is 11.8. The third-order valence-electron chi connectivity index (χ3n) is 5.85. The lowest BCUT2D eigenvalue weighted by Crippen LogP contribution is -2.55. The highest BCUT2D eigenvalue weighted by atomic mass is 32.1. The van der Waals surface area contributed by atoms with Gasteiger partial charge in [0.15, 0.2) is 0 Å². The van der Waals surface area contributed by atoms with Crippen LogP contribution in [0.15, 0.2) is 6.08 Å². The first-order valence-electron chi connectivity index (χ1n) is 12.2. The molecule has 0 radical (unpaired) electrons. The topological polar surface area (TPSA) is 96.8 Å². The average molecular weight is 499 g/mol.